The van der Waals surface area contributed by atoms with E-state index < -0.39 is 7.92 Å². The molecule has 0 spiro atoms. The third kappa shape index (κ3) is 12.3. The summed E-state index contributed by atoms with van der Waals surface area (Å²) in [5, 5.41) is 11.7. The quantitative estimate of drug-likeness (QED) is 0.0905. The van der Waals surface area contributed by atoms with E-state index in [1.807, 2.05) is 30.3 Å². The normalized spacial score (nSPS) is 10.4. The van der Waals surface area contributed by atoms with Crippen molar-refractivity contribution >= 4 is 126 Å². The average molecular weight is 1120 g/mol. The molecule has 0 bridgehead atoms. The minimum Gasteiger partial charge on any atom is -0.358 e. The first kappa shape index (κ1) is 48.0. The molecule has 0 saturated heterocycles. The van der Waals surface area contributed by atoms with Crippen LogP contribution in [-0.2, 0) is 26.3 Å². The molecular weight excluding hydrogens is 1080 g/mol. The van der Waals surface area contributed by atoms with E-state index in [1.54, 1.807) is 0 Å². The van der Waals surface area contributed by atoms with E-state index in [1.165, 1.54) is 59.2 Å². The van der Waals surface area contributed by atoms with Crippen LogP contribution in [0.1, 0.15) is 11.1 Å². The molecule has 0 aromatic heterocycles. The molecule has 8 rings (SSSR count). The molecule has 8 aromatic rings. The van der Waals surface area contributed by atoms with Crippen molar-refractivity contribution in [1.82, 2.24) is 0 Å². The standard InChI is InChI=1S/C40H34N2P2.C6H5.CH3.4BrH.Ru/c41-26-28-16-20-35-30(24-28)18-22-37(43-32-10-4-1-5-11-32)39(35)40-36-21-17-29(27-42)25-31(36)19-23-38(40)44(33-12-6-2-7-13-33)34-14-8-3-9-15-34;1-2-4-6-5-3-1;;;;;;/h1-25,43H,26-27,41-42H2;1-5H;1H3;4*1H;/q;2*-1;;;;;+4/p-2. The van der Waals surface area contributed by atoms with Gasteiger partial charge in [0.15, 0.2) is 0 Å². The van der Waals surface area contributed by atoms with Crippen molar-refractivity contribution in [3.63, 3.8) is 0 Å². The van der Waals surface area contributed by atoms with Gasteiger partial charge < -0.3 is 18.9 Å². The van der Waals surface area contributed by atoms with Crippen LogP contribution >= 0.6 is 77.7 Å². The molecule has 0 fully saturated rings. The summed E-state index contributed by atoms with van der Waals surface area (Å²) in [5.41, 5.74) is 17.1. The molecule has 0 aliphatic carbocycles. The molecule has 2 nitrogen and oxygen atoms in total. The van der Waals surface area contributed by atoms with Gasteiger partial charge in [0, 0.05) is 13.1 Å². The average Bonchev–Trinajstić information content (AvgIpc) is 3.23. The van der Waals surface area contributed by atoms with E-state index in [0.29, 0.717) is 34.9 Å². The van der Waals surface area contributed by atoms with Crippen molar-refractivity contribution < 1.29 is 13.2 Å². The number of fused-ring (bicyclic) bond motifs is 2. The van der Waals surface area contributed by atoms with Crippen LogP contribution in [0.4, 0.5) is 0 Å². The molecule has 0 aliphatic rings. The Hall–Kier alpha value is -2.40. The summed E-state index contributed by atoms with van der Waals surface area (Å²) in [5.74, 6) is 0. The summed E-state index contributed by atoms with van der Waals surface area (Å²) in [7, 11) is -0.337. The monoisotopic (exact) mass is 1120 g/mol. The third-order valence-corrected chi connectivity index (χ3v) is 12.6. The van der Waals surface area contributed by atoms with Crippen LogP contribution in [0.3, 0.4) is 0 Å². The molecule has 0 amide bonds. The maximum Gasteiger partial charge on any atom is -0.171 e. The smallest absolute Gasteiger partial charge is 0.171 e. The summed E-state index contributed by atoms with van der Waals surface area (Å²) in [6.45, 7) is 1.04. The molecular formula is C47H44Br4N2P2Ru. The molecule has 8 aromatic carbocycles. The summed E-state index contributed by atoms with van der Waals surface area (Å²) < 4.78 is 0. The van der Waals surface area contributed by atoms with Crippen molar-refractivity contribution in [2.24, 2.45) is 11.5 Å². The number of hydrogen-bond acceptors (Lipinski definition) is 2. The minimum absolute atomic E-state index is 0. The predicted octanol–water partition coefficient (Wildman–Crippen LogP) is 11.7. The Morgan fingerprint density at radius 2 is 0.982 bits per heavy atom. The van der Waals surface area contributed by atoms with Gasteiger partial charge in [0.25, 0.3) is 0 Å². The van der Waals surface area contributed by atoms with Gasteiger partial charge in [-0.15, -0.1) is 34.0 Å². The Kier molecular flexibility index (Phi) is 21.6. The maximum absolute atomic E-state index is 6.13. The van der Waals surface area contributed by atoms with Gasteiger partial charge in [0.1, 0.15) is 0 Å². The summed E-state index contributed by atoms with van der Waals surface area (Å²) >= 11 is 6.64. The van der Waals surface area contributed by atoms with Gasteiger partial charge in [-0.1, -0.05) is 148 Å². The van der Waals surface area contributed by atoms with Crippen molar-refractivity contribution in [1.29, 1.82) is 0 Å². The molecule has 56 heavy (non-hydrogen) atoms. The zero-order valence-electron chi connectivity index (χ0n) is 30.8. The second kappa shape index (κ2) is 25.2. The minimum atomic E-state index is -0.853. The number of rotatable bonds is 8. The van der Waals surface area contributed by atoms with Gasteiger partial charge in [-0.3, -0.25) is 0 Å². The first-order valence-corrected chi connectivity index (χ1v) is 27.4. The Morgan fingerprint density at radius 1 is 0.536 bits per heavy atom. The van der Waals surface area contributed by atoms with E-state index in [4.69, 9.17) is 11.5 Å². The van der Waals surface area contributed by atoms with Crippen molar-refractivity contribution in [3.05, 3.63) is 207 Å². The van der Waals surface area contributed by atoms with Gasteiger partial charge in [-0.2, -0.15) is 36.4 Å². The van der Waals surface area contributed by atoms with Gasteiger partial charge in [0.2, 0.25) is 0 Å². The first-order valence-electron chi connectivity index (χ1n) is 17.2. The van der Waals surface area contributed by atoms with Crippen LogP contribution in [0.2, 0.25) is 0 Å². The molecule has 0 saturated carbocycles. The topological polar surface area (TPSA) is 52.0 Å². The van der Waals surface area contributed by atoms with E-state index in [-0.39, 0.29) is 41.4 Å². The number of halogens is 4. The van der Waals surface area contributed by atoms with Gasteiger partial charge in [0.05, 0.1) is 0 Å². The van der Waals surface area contributed by atoms with E-state index in [0.717, 1.165) is 11.1 Å². The van der Waals surface area contributed by atoms with Crippen LogP contribution < -0.4 is 38.0 Å². The Labute approximate surface area is 377 Å². The van der Waals surface area contributed by atoms with Gasteiger partial charge >= 0.3 is 40.5 Å². The molecule has 0 heterocycles. The summed E-state index contributed by atoms with van der Waals surface area (Å²) in [4.78, 5) is 0. The van der Waals surface area contributed by atoms with Crippen molar-refractivity contribution in [2.45, 2.75) is 13.1 Å². The fourth-order valence-electron chi connectivity index (χ4n) is 6.42. The van der Waals surface area contributed by atoms with Crippen LogP contribution in [0.25, 0.3) is 32.7 Å². The van der Waals surface area contributed by atoms with Gasteiger partial charge in [-0.05, 0) is 90.4 Å². The second-order valence-electron chi connectivity index (χ2n) is 12.1. The zero-order chi connectivity index (χ0) is 36.8. The Bertz CT molecular complexity index is 2290. The van der Waals surface area contributed by atoms with Gasteiger partial charge in [-0.25, -0.2) is 0 Å². The van der Waals surface area contributed by atoms with Crippen molar-refractivity contribution in [3.8, 4) is 11.1 Å². The number of nitrogens with two attached hydrogens (primary N) is 2. The predicted molar refractivity (Wildman–Crippen MR) is 266 cm³/mol. The third-order valence-electron chi connectivity index (χ3n) is 8.80. The largest absolute Gasteiger partial charge is 0.358 e. The van der Waals surface area contributed by atoms with E-state index in [9.17, 15) is 0 Å². The Balaban J connectivity index is 0.000000627. The number of benzene rings is 8. The van der Waals surface area contributed by atoms with E-state index >= 15 is 0 Å². The Morgan fingerprint density at radius 3 is 1.43 bits per heavy atom. The molecule has 1 atom stereocenters. The zero-order valence-corrected chi connectivity index (χ0v) is 41.0. The first-order chi connectivity index (χ1) is 26.1. The van der Waals surface area contributed by atoms with E-state index in [2.05, 4.69) is 185 Å². The molecule has 0 radical (unpaired) electrons. The number of hydrogen-bond donors (Lipinski definition) is 2. The SMILES string of the molecule is Br.Br.NCc1ccc2c(-c3c(P(c4ccccc4)c4ccccc4)ccc4cc(CN)ccc34)c(Pc3ccccc3)ccc2c1.[Br][Ru+2][Br].[CH3-].[c-]1ccccc1. The maximum atomic E-state index is 6.13. The van der Waals surface area contributed by atoms with Crippen LogP contribution in [0.15, 0.2) is 182 Å². The second-order valence-corrected chi connectivity index (χ2v) is 23.7. The fraction of sp³-hybridized carbons (Fsp3) is 0.0426. The van der Waals surface area contributed by atoms with Crippen LogP contribution in [0, 0.1) is 13.5 Å². The molecule has 9 heteroatoms. The van der Waals surface area contributed by atoms with Crippen LogP contribution in [0.5, 0.6) is 0 Å². The molecule has 0 aliphatic heterocycles. The molecule has 288 valence electrons. The molecule has 4 N–H and O–H groups in total. The van der Waals surface area contributed by atoms with Crippen LogP contribution in [-0.4, -0.2) is 0 Å². The summed E-state index contributed by atoms with van der Waals surface area (Å²) in [6.07, 6.45) is 0. The molecule has 1 unspecified atom stereocenters. The fourth-order valence-corrected chi connectivity index (χ4v) is 10.1. The van der Waals surface area contributed by atoms with Crippen molar-refractivity contribution in [2.75, 3.05) is 0 Å². The summed E-state index contributed by atoms with van der Waals surface area (Å²) in [6, 6.07) is 68.1.